The van der Waals surface area contributed by atoms with E-state index in [2.05, 4.69) is 13.2 Å². The van der Waals surface area contributed by atoms with E-state index in [0.717, 1.165) is 0 Å². The second-order valence-corrected chi connectivity index (χ2v) is 7.75. The maximum absolute atomic E-state index is 13.2. The van der Waals surface area contributed by atoms with Gasteiger partial charge in [0.25, 0.3) is 5.91 Å². The highest BCUT2D eigenvalue weighted by Gasteiger charge is 2.61. The lowest BCUT2D eigenvalue weighted by molar-refractivity contribution is -0.203. The minimum absolute atomic E-state index is 0.0591. The monoisotopic (exact) mass is 376 g/mol. The van der Waals surface area contributed by atoms with Crippen LogP contribution in [-0.4, -0.2) is 62.9 Å². The highest BCUT2D eigenvalue weighted by Crippen LogP contribution is 2.53. The number of hydrogen-bond donors (Lipinski definition) is 5. The summed E-state index contributed by atoms with van der Waals surface area (Å²) in [7, 11) is 3.29. The van der Waals surface area contributed by atoms with E-state index >= 15 is 0 Å². The zero-order chi connectivity index (χ0) is 20.4. The highest BCUT2D eigenvalue weighted by molar-refractivity contribution is 6.04. The minimum atomic E-state index is -2.95. The van der Waals surface area contributed by atoms with Gasteiger partial charge in [-0.2, -0.15) is 0 Å². The first-order valence-corrected chi connectivity index (χ1v) is 8.60. The number of primary amides is 1. The van der Waals surface area contributed by atoms with Crippen molar-refractivity contribution >= 4 is 11.7 Å². The van der Waals surface area contributed by atoms with Gasteiger partial charge >= 0.3 is 0 Å². The third-order valence-electron chi connectivity index (χ3n) is 5.95. The lowest BCUT2D eigenvalue weighted by Crippen LogP contribution is -2.62. The number of amides is 1. The minimum Gasteiger partial charge on any atom is -0.510 e. The molecule has 0 aromatic rings. The molecule has 27 heavy (non-hydrogen) atoms. The molecule has 146 valence electrons. The summed E-state index contributed by atoms with van der Waals surface area (Å²) < 4.78 is 0. The van der Waals surface area contributed by atoms with E-state index < -0.39 is 52.6 Å². The van der Waals surface area contributed by atoms with Crippen LogP contribution in [0.1, 0.15) is 12.8 Å². The van der Waals surface area contributed by atoms with Gasteiger partial charge in [0.2, 0.25) is 5.79 Å². The standard InChI is InChI=1S/C19H24N2O6/c1-7-5-9-6-10-12(16(23)11(9)15(22)8(7)2)19(26,27)13(18(20)25)17(24)14(10)21(3)4/h9-10,12,14,22,24,26-27H,1-2,5-6H2,3-4H3,(H2,20,25)/t9?,10?,12?,14-/m0/s1. The number of rotatable bonds is 2. The summed E-state index contributed by atoms with van der Waals surface area (Å²) in [4.78, 5) is 26.7. The van der Waals surface area contributed by atoms with Crippen LogP contribution in [0.4, 0.5) is 0 Å². The lowest BCUT2D eigenvalue weighted by Gasteiger charge is -2.51. The summed E-state index contributed by atoms with van der Waals surface area (Å²) in [5.41, 5.74) is 5.37. The fourth-order valence-electron chi connectivity index (χ4n) is 4.81. The predicted molar refractivity (Wildman–Crippen MR) is 96.1 cm³/mol. The molecular weight excluding hydrogens is 352 g/mol. The first kappa shape index (κ1) is 19.3. The molecule has 8 nitrogen and oxygen atoms in total. The number of carbonyl (C=O) groups excluding carboxylic acids is 2. The molecule has 8 heteroatoms. The quantitative estimate of drug-likeness (QED) is 0.429. The van der Waals surface area contributed by atoms with E-state index in [-0.39, 0.29) is 23.3 Å². The molecule has 4 atom stereocenters. The second kappa shape index (κ2) is 6.05. The van der Waals surface area contributed by atoms with E-state index in [4.69, 9.17) is 5.73 Å². The topological polar surface area (TPSA) is 144 Å². The van der Waals surface area contributed by atoms with E-state index in [1.165, 1.54) is 0 Å². The lowest BCUT2D eigenvalue weighted by atomic mass is 9.58. The number of hydrogen-bond acceptors (Lipinski definition) is 7. The summed E-state index contributed by atoms with van der Waals surface area (Å²) in [5.74, 6) is -8.28. The maximum atomic E-state index is 13.2. The summed E-state index contributed by atoms with van der Waals surface area (Å²) in [6, 6.07) is -0.809. The van der Waals surface area contributed by atoms with E-state index in [9.17, 15) is 30.0 Å². The molecule has 0 aromatic heterocycles. The van der Waals surface area contributed by atoms with Gasteiger partial charge in [0.05, 0.1) is 12.0 Å². The summed E-state index contributed by atoms with van der Waals surface area (Å²) in [5, 5.41) is 42.4. The Labute approximate surface area is 156 Å². The van der Waals surface area contributed by atoms with Crippen molar-refractivity contribution in [1.29, 1.82) is 0 Å². The SMILES string of the molecule is C=C1CC2CC3C(C(=O)C2=C(O)C1=C)C(O)(O)C(C(N)=O)=C(O)[C@H]3N(C)C. The third-order valence-corrected chi connectivity index (χ3v) is 5.95. The van der Waals surface area contributed by atoms with Gasteiger partial charge in [-0.15, -0.1) is 0 Å². The van der Waals surface area contributed by atoms with E-state index in [0.29, 0.717) is 12.0 Å². The number of aliphatic hydroxyl groups is 4. The van der Waals surface area contributed by atoms with Crippen LogP contribution in [0.25, 0.3) is 0 Å². The number of aliphatic hydroxyl groups excluding tert-OH is 2. The molecule has 0 aliphatic heterocycles. The van der Waals surface area contributed by atoms with Crippen molar-refractivity contribution in [1.82, 2.24) is 4.90 Å². The van der Waals surface area contributed by atoms with Crippen molar-refractivity contribution in [2.75, 3.05) is 14.1 Å². The molecule has 0 heterocycles. The van der Waals surface area contributed by atoms with Gasteiger partial charge in [0, 0.05) is 11.1 Å². The van der Waals surface area contributed by atoms with Gasteiger partial charge in [-0.1, -0.05) is 13.2 Å². The number of fused-ring (bicyclic) bond motifs is 2. The van der Waals surface area contributed by atoms with Crippen LogP contribution in [-0.2, 0) is 9.59 Å². The van der Waals surface area contributed by atoms with Crippen LogP contribution < -0.4 is 5.73 Å². The Morgan fingerprint density at radius 3 is 2.37 bits per heavy atom. The molecule has 0 radical (unpaired) electrons. The van der Waals surface area contributed by atoms with Crippen molar-refractivity contribution in [2.24, 2.45) is 23.5 Å². The Morgan fingerprint density at radius 1 is 1.26 bits per heavy atom. The molecule has 1 saturated carbocycles. The molecule has 0 bridgehead atoms. The smallest absolute Gasteiger partial charge is 0.253 e. The van der Waals surface area contributed by atoms with Crippen molar-refractivity contribution in [2.45, 2.75) is 24.7 Å². The molecule has 3 aliphatic rings. The highest BCUT2D eigenvalue weighted by atomic mass is 16.5. The molecule has 0 saturated heterocycles. The Balaban J connectivity index is 2.24. The van der Waals surface area contributed by atoms with Crippen molar-refractivity contribution < 1.29 is 30.0 Å². The van der Waals surface area contributed by atoms with Gasteiger partial charge < -0.3 is 26.2 Å². The molecule has 0 aromatic carbocycles. The largest absolute Gasteiger partial charge is 0.510 e. The van der Waals surface area contributed by atoms with Crippen molar-refractivity contribution in [3.05, 3.63) is 47.0 Å². The van der Waals surface area contributed by atoms with Crippen LogP contribution in [0, 0.1) is 17.8 Å². The first-order valence-electron chi connectivity index (χ1n) is 8.60. The molecule has 3 rings (SSSR count). The van der Waals surface area contributed by atoms with Crippen molar-refractivity contribution in [3.8, 4) is 0 Å². The third kappa shape index (κ3) is 2.55. The molecule has 1 fully saturated rings. The fourth-order valence-corrected chi connectivity index (χ4v) is 4.81. The fraction of sp³-hybridized carbons (Fsp3) is 0.474. The average Bonchev–Trinajstić information content (AvgIpc) is 2.50. The van der Waals surface area contributed by atoms with Crippen LogP contribution in [0.3, 0.4) is 0 Å². The Hall–Kier alpha value is -2.42. The van der Waals surface area contributed by atoms with Crippen molar-refractivity contribution in [3.63, 3.8) is 0 Å². The van der Waals surface area contributed by atoms with Gasteiger partial charge in [0.15, 0.2) is 5.78 Å². The molecular formula is C19H24N2O6. The van der Waals surface area contributed by atoms with Gasteiger partial charge in [-0.3, -0.25) is 14.5 Å². The van der Waals surface area contributed by atoms with Gasteiger partial charge in [-0.25, -0.2) is 0 Å². The zero-order valence-corrected chi connectivity index (χ0v) is 15.3. The predicted octanol–water partition coefficient (Wildman–Crippen LogP) is 0.0581. The number of allylic oxidation sites excluding steroid dienone is 2. The summed E-state index contributed by atoms with van der Waals surface area (Å²) in [6.07, 6.45) is 0.675. The number of carbonyl (C=O) groups is 2. The summed E-state index contributed by atoms with van der Waals surface area (Å²) >= 11 is 0. The average molecular weight is 376 g/mol. The molecule has 1 amide bonds. The van der Waals surface area contributed by atoms with Crippen LogP contribution in [0.2, 0.25) is 0 Å². The summed E-state index contributed by atoms with van der Waals surface area (Å²) in [6.45, 7) is 7.59. The van der Waals surface area contributed by atoms with Crippen LogP contribution in [0.15, 0.2) is 47.0 Å². The number of likely N-dealkylation sites (N-methyl/N-ethyl adjacent to an activating group) is 1. The molecule has 3 aliphatic carbocycles. The number of nitrogens with two attached hydrogens (primary N) is 1. The Bertz CT molecular complexity index is 835. The molecule has 3 unspecified atom stereocenters. The Kier molecular flexibility index (Phi) is 4.33. The normalized spacial score (nSPS) is 33.3. The number of ketones is 1. The van der Waals surface area contributed by atoms with Crippen LogP contribution in [0.5, 0.6) is 0 Å². The van der Waals surface area contributed by atoms with E-state index in [1.54, 1.807) is 19.0 Å². The second-order valence-electron chi connectivity index (χ2n) is 7.75. The molecule has 6 N–H and O–H groups in total. The van der Waals surface area contributed by atoms with E-state index in [1.807, 2.05) is 0 Å². The van der Waals surface area contributed by atoms with Crippen LogP contribution >= 0.6 is 0 Å². The van der Waals surface area contributed by atoms with Gasteiger partial charge in [-0.05, 0) is 44.3 Å². The maximum Gasteiger partial charge on any atom is 0.253 e. The first-order chi connectivity index (χ1) is 12.4. The Morgan fingerprint density at radius 2 is 1.85 bits per heavy atom. The zero-order valence-electron chi connectivity index (χ0n) is 15.3. The number of nitrogens with zero attached hydrogens (tertiary/aromatic N) is 1. The molecule has 0 spiro atoms. The number of Topliss-reactive ketones (excluding diaryl/α,β-unsaturated/α-hetero) is 1. The van der Waals surface area contributed by atoms with Gasteiger partial charge in [0.1, 0.15) is 17.1 Å².